The van der Waals surface area contributed by atoms with E-state index in [1.165, 1.54) is 17.3 Å². The van der Waals surface area contributed by atoms with Crippen LogP contribution in [-0.2, 0) is 11.3 Å². The maximum atomic E-state index is 10.7. The summed E-state index contributed by atoms with van der Waals surface area (Å²) in [6.07, 6.45) is 0. The molecule has 0 amide bonds. The molecule has 2 aromatic rings. The van der Waals surface area contributed by atoms with Crippen molar-refractivity contribution in [1.82, 2.24) is 9.55 Å². The molecule has 4 nitrogen and oxygen atoms in total. The highest BCUT2D eigenvalue weighted by Crippen LogP contribution is 2.25. The molecule has 5 heteroatoms. The van der Waals surface area contributed by atoms with Crippen molar-refractivity contribution < 1.29 is 9.90 Å². The van der Waals surface area contributed by atoms with Crippen molar-refractivity contribution in [2.24, 2.45) is 5.92 Å². The standard InChI is InChI=1S/C14H18N2O2S/c1-9(2)7-16-12-6-10(3)4-5-11(12)15-14(16)19-8-13(17)18/h4-6,9H,7-8H2,1-3H3,(H,17,18). The van der Waals surface area contributed by atoms with Gasteiger partial charge in [-0.15, -0.1) is 0 Å². The molecule has 102 valence electrons. The second kappa shape index (κ2) is 5.65. The zero-order valence-corrected chi connectivity index (χ0v) is 12.2. The van der Waals surface area contributed by atoms with E-state index in [1.807, 2.05) is 12.1 Å². The zero-order valence-electron chi connectivity index (χ0n) is 11.4. The Kier molecular flexibility index (Phi) is 4.14. The molecular weight excluding hydrogens is 260 g/mol. The van der Waals surface area contributed by atoms with Gasteiger partial charge < -0.3 is 9.67 Å². The van der Waals surface area contributed by atoms with Gasteiger partial charge in [0.05, 0.1) is 16.8 Å². The lowest BCUT2D eigenvalue weighted by molar-refractivity contribution is -0.133. The Bertz CT molecular complexity index is 605. The van der Waals surface area contributed by atoms with Gasteiger partial charge in [0.1, 0.15) is 0 Å². The van der Waals surface area contributed by atoms with Crippen LogP contribution in [-0.4, -0.2) is 26.4 Å². The van der Waals surface area contributed by atoms with Crippen molar-refractivity contribution in [2.45, 2.75) is 32.5 Å². The first kappa shape index (κ1) is 13.9. The summed E-state index contributed by atoms with van der Waals surface area (Å²) in [7, 11) is 0. The molecule has 1 heterocycles. The number of hydrogen-bond acceptors (Lipinski definition) is 3. The minimum absolute atomic E-state index is 0.0421. The quantitative estimate of drug-likeness (QED) is 0.853. The van der Waals surface area contributed by atoms with Crippen molar-refractivity contribution in [3.8, 4) is 0 Å². The highest BCUT2D eigenvalue weighted by atomic mass is 32.2. The Hall–Kier alpha value is -1.49. The summed E-state index contributed by atoms with van der Waals surface area (Å²) in [6.45, 7) is 7.19. The Morgan fingerprint density at radius 3 is 2.84 bits per heavy atom. The summed E-state index contributed by atoms with van der Waals surface area (Å²) in [5, 5.41) is 9.60. The summed E-state index contributed by atoms with van der Waals surface area (Å²) < 4.78 is 2.13. The number of aliphatic carboxylic acids is 1. The number of aryl methyl sites for hydroxylation is 1. The molecule has 0 aliphatic carbocycles. The lowest BCUT2D eigenvalue weighted by Gasteiger charge is -2.11. The van der Waals surface area contributed by atoms with Gasteiger partial charge in [0.15, 0.2) is 5.16 Å². The van der Waals surface area contributed by atoms with Crippen molar-refractivity contribution in [3.05, 3.63) is 23.8 Å². The topological polar surface area (TPSA) is 55.1 Å². The molecule has 1 aromatic carbocycles. The van der Waals surface area contributed by atoms with Gasteiger partial charge in [0.2, 0.25) is 0 Å². The maximum Gasteiger partial charge on any atom is 0.313 e. The van der Waals surface area contributed by atoms with E-state index >= 15 is 0 Å². The van der Waals surface area contributed by atoms with Gasteiger partial charge in [-0.25, -0.2) is 4.98 Å². The molecule has 0 bridgehead atoms. The molecule has 0 unspecified atom stereocenters. The van der Waals surface area contributed by atoms with E-state index in [1.54, 1.807) is 0 Å². The van der Waals surface area contributed by atoms with Crippen LogP contribution in [0.2, 0.25) is 0 Å². The van der Waals surface area contributed by atoms with E-state index in [9.17, 15) is 4.79 Å². The summed E-state index contributed by atoms with van der Waals surface area (Å²) in [4.78, 5) is 15.3. The van der Waals surface area contributed by atoms with Gasteiger partial charge in [0, 0.05) is 6.54 Å². The zero-order chi connectivity index (χ0) is 14.0. The number of carboxylic acid groups (broad SMARTS) is 1. The van der Waals surface area contributed by atoms with E-state index in [0.29, 0.717) is 5.92 Å². The molecule has 1 N–H and O–H groups in total. The molecule has 0 aliphatic heterocycles. The van der Waals surface area contributed by atoms with Crippen molar-refractivity contribution in [1.29, 1.82) is 0 Å². The van der Waals surface area contributed by atoms with E-state index in [0.717, 1.165) is 22.7 Å². The van der Waals surface area contributed by atoms with Crippen molar-refractivity contribution in [3.63, 3.8) is 0 Å². The third-order valence-electron chi connectivity index (χ3n) is 2.74. The van der Waals surface area contributed by atoms with Gasteiger partial charge >= 0.3 is 5.97 Å². The summed E-state index contributed by atoms with van der Waals surface area (Å²) in [5.41, 5.74) is 3.20. The van der Waals surface area contributed by atoms with Crippen molar-refractivity contribution >= 4 is 28.8 Å². The molecule has 0 radical (unpaired) electrons. The fourth-order valence-electron chi connectivity index (χ4n) is 1.99. The normalized spacial score (nSPS) is 11.4. The van der Waals surface area contributed by atoms with Crippen LogP contribution in [0.1, 0.15) is 19.4 Å². The van der Waals surface area contributed by atoms with Crippen LogP contribution in [0.3, 0.4) is 0 Å². The summed E-state index contributed by atoms with van der Waals surface area (Å²) in [6, 6.07) is 6.13. The van der Waals surface area contributed by atoms with Gasteiger partial charge in [0.25, 0.3) is 0 Å². The molecule has 0 saturated heterocycles. The number of carbonyl (C=O) groups is 1. The first-order valence-corrected chi connectivity index (χ1v) is 7.27. The smallest absolute Gasteiger partial charge is 0.313 e. The number of imidazole rings is 1. The molecule has 1 aromatic heterocycles. The van der Waals surface area contributed by atoms with Crippen LogP contribution in [0.4, 0.5) is 0 Å². The monoisotopic (exact) mass is 278 g/mol. The SMILES string of the molecule is Cc1ccc2nc(SCC(=O)O)n(CC(C)C)c2c1. The van der Waals surface area contributed by atoms with Crippen LogP contribution < -0.4 is 0 Å². The minimum Gasteiger partial charge on any atom is -0.481 e. The molecule has 19 heavy (non-hydrogen) atoms. The predicted octanol–water partition coefficient (Wildman–Crippen LogP) is 3.18. The molecular formula is C14H18N2O2S. The molecule has 0 atom stereocenters. The highest BCUT2D eigenvalue weighted by Gasteiger charge is 2.13. The summed E-state index contributed by atoms with van der Waals surface area (Å²) >= 11 is 1.28. The Labute approximate surface area is 116 Å². The van der Waals surface area contributed by atoms with Crippen LogP contribution in [0.25, 0.3) is 11.0 Å². The van der Waals surface area contributed by atoms with E-state index in [4.69, 9.17) is 5.11 Å². The molecule has 0 fully saturated rings. The number of nitrogens with zero attached hydrogens (tertiary/aromatic N) is 2. The van der Waals surface area contributed by atoms with Gasteiger partial charge in [-0.05, 0) is 30.5 Å². The fourth-order valence-corrected chi connectivity index (χ4v) is 2.73. The first-order valence-electron chi connectivity index (χ1n) is 6.29. The second-order valence-corrected chi connectivity index (χ2v) is 6.02. The molecule has 0 spiro atoms. The fraction of sp³-hybridized carbons (Fsp3) is 0.429. The van der Waals surface area contributed by atoms with Gasteiger partial charge in [-0.3, -0.25) is 4.79 Å². The third kappa shape index (κ3) is 3.29. The highest BCUT2D eigenvalue weighted by molar-refractivity contribution is 7.99. The number of rotatable bonds is 5. The first-order chi connectivity index (χ1) is 8.97. The average Bonchev–Trinajstić information content (AvgIpc) is 2.64. The van der Waals surface area contributed by atoms with Gasteiger partial charge in [-0.2, -0.15) is 0 Å². The number of carboxylic acids is 1. The predicted molar refractivity (Wildman–Crippen MR) is 77.7 cm³/mol. The van der Waals surface area contributed by atoms with E-state index < -0.39 is 5.97 Å². The average molecular weight is 278 g/mol. The lowest BCUT2D eigenvalue weighted by atomic mass is 10.2. The molecule has 0 saturated carbocycles. The Balaban J connectivity index is 2.45. The molecule has 2 rings (SSSR count). The number of thioether (sulfide) groups is 1. The maximum absolute atomic E-state index is 10.7. The van der Waals surface area contributed by atoms with Crippen LogP contribution >= 0.6 is 11.8 Å². The summed E-state index contributed by atoms with van der Waals surface area (Å²) in [5.74, 6) is -0.285. The number of benzene rings is 1. The Morgan fingerprint density at radius 1 is 1.47 bits per heavy atom. The van der Waals surface area contributed by atoms with Crippen LogP contribution in [0, 0.1) is 12.8 Å². The lowest BCUT2D eigenvalue weighted by Crippen LogP contribution is -2.07. The Morgan fingerprint density at radius 2 is 2.21 bits per heavy atom. The van der Waals surface area contributed by atoms with Crippen molar-refractivity contribution in [2.75, 3.05) is 5.75 Å². The minimum atomic E-state index is -0.815. The number of fused-ring (bicyclic) bond motifs is 1. The van der Waals surface area contributed by atoms with E-state index in [2.05, 4.69) is 36.4 Å². The largest absolute Gasteiger partial charge is 0.481 e. The molecule has 0 aliphatic rings. The van der Waals surface area contributed by atoms with Crippen LogP contribution in [0.5, 0.6) is 0 Å². The van der Waals surface area contributed by atoms with Crippen LogP contribution in [0.15, 0.2) is 23.4 Å². The number of aromatic nitrogens is 2. The van der Waals surface area contributed by atoms with E-state index in [-0.39, 0.29) is 5.75 Å². The number of hydrogen-bond donors (Lipinski definition) is 1. The second-order valence-electron chi connectivity index (χ2n) is 5.07. The van der Waals surface area contributed by atoms with Gasteiger partial charge in [-0.1, -0.05) is 31.7 Å². The third-order valence-corrected chi connectivity index (χ3v) is 3.70.